The van der Waals surface area contributed by atoms with Crippen LogP contribution in [0.15, 0.2) is 36.9 Å². The zero-order valence-electron chi connectivity index (χ0n) is 12.8. The molecule has 7 nitrogen and oxygen atoms in total. The number of benzene rings is 1. The number of anilines is 1. The maximum atomic E-state index is 11.3. The fourth-order valence-corrected chi connectivity index (χ4v) is 3.12. The molecular formula is C16H17N5O2. The number of aromatic nitrogens is 2. The van der Waals surface area contributed by atoms with E-state index < -0.39 is 0 Å². The first kappa shape index (κ1) is 15.0. The number of piperidine rings is 1. The molecule has 1 aliphatic rings. The van der Waals surface area contributed by atoms with Crippen LogP contribution in [-0.2, 0) is 0 Å². The third kappa shape index (κ3) is 2.88. The number of hydrogen-bond donors (Lipinski definition) is 0. The van der Waals surface area contributed by atoms with Crippen molar-refractivity contribution in [3.8, 4) is 6.07 Å². The van der Waals surface area contributed by atoms with E-state index >= 15 is 0 Å². The molecule has 0 N–H and O–H groups in total. The van der Waals surface area contributed by atoms with Gasteiger partial charge in [-0.1, -0.05) is 6.92 Å². The third-order valence-corrected chi connectivity index (χ3v) is 4.47. The van der Waals surface area contributed by atoms with E-state index in [0.29, 0.717) is 23.7 Å². The van der Waals surface area contributed by atoms with Crippen LogP contribution in [0.25, 0.3) is 0 Å². The molecule has 1 aromatic carbocycles. The van der Waals surface area contributed by atoms with Crippen molar-refractivity contribution < 1.29 is 4.92 Å². The third-order valence-electron chi connectivity index (χ3n) is 4.47. The second-order valence-electron chi connectivity index (χ2n) is 5.86. The smallest absolute Gasteiger partial charge is 0.292 e. The lowest BCUT2D eigenvalue weighted by Crippen LogP contribution is -2.40. The molecule has 2 heterocycles. The summed E-state index contributed by atoms with van der Waals surface area (Å²) in [6, 6.07) is 6.77. The molecule has 0 unspecified atom stereocenters. The van der Waals surface area contributed by atoms with Gasteiger partial charge in [0.25, 0.3) is 5.69 Å². The van der Waals surface area contributed by atoms with Crippen LogP contribution in [0, 0.1) is 27.4 Å². The maximum Gasteiger partial charge on any atom is 0.292 e. The average molecular weight is 311 g/mol. The quantitative estimate of drug-likeness (QED) is 0.642. The summed E-state index contributed by atoms with van der Waals surface area (Å²) in [6.45, 7) is 3.58. The van der Waals surface area contributed by atoms with Gasteiger partial charge in [-0.2, -0.15) is 5.26 Å². The van der Waals surface area contributed by atoms with E-state index in [2.05, 4.69) is 22.5 Å². The van der Waals surface area contributed by atoms with Crippen molar-refractivity contribution in [3.05, 3.63) is 52.6 Å². The standard InChI is InChI=1S/C16H17N5O2/c1-12-4-6-19(10-16(12)20-7-5-18-11-20)15-8-13(9-17)2-3-14(15)21(22)23/h2-3,5,7-8,11-12,16H,4,6,10H2,1H3/t12-,16-/m1/s1. The van der Waals surface area contributed by atoms with Crippen molar-refractivity contribution in [3.63, 3.8) is 0 Å². The lowest BCUT2D eigenvalue weighted by molar-refractivity contribution is -0.384. The highest BCUT2D eigenvalue weighted by Crippen LogP contribution is 2.35. The summed E-state index contributed by atoms with van der Waals surface area (Å²) in [7, 11) is 0. The topological polar surface area (TPSA) is 88.0 Å². The number of nitrogens with zero attached hydrogens (tertiary/aromatic N) is 5. The van der Waals surface area contributed by atoms with Crippen LogP contribution in [0.4, 0.5) is 11.4 Å². The van der Waals surface area contributed by atoms with Crippen molar-refractivity contribution >= 4 is 11.4 Å². The normalized spacial score (nSPS) is 21.0. The largest absolute Gasteiger partial charge is 0.364 e. The Hall–Kier alpha value is -2.88. The highest BCUT2D eigenvalue weighted by molar-refractivity contribution is 5.66. The Morgan fingerprint density at radius 2 is 2.30 bits per heavy atom. The van der Waals surface area contributed by atoms with E-state index in [1.807, 2.05) is 11.1 Å². The summed E-state index contributed by atoms with van der Waals surface area (Å²) in [6.07, 6.45) is 6.37. The molecule has 118 valence electrons. The lowest BCUT2D eigenvalue weighted by Gasteiger charge is -2.38. The highest BCUT2D eigenvalue weighted by Gasteiger charge is 2.30. The zero-order chi connectivity index (χ0) is 16.4. The molecule has 1 aliphatic heterocycles. The molecule has 3 rings (SSSR count). The summed E-state index contributed by atoms with van der Waals surface area (Å²) in [5.74, 6) is 0.457. The first-order valence-corrected chi connectivity index (χ1v) is 7.51. The summed E-state index contributed by atoms with van der Waals surface area (Å²) < 4.78 is 2.05. The molecule has 1 fully saturated rings. The molecule has 23 heavy (non-hydrogen) atoms. The minimum Gasteiger partial charge on any atom is -0.364 e. The number of nitriles is 1. The predicted molar refractivity (Wildman–Crippen MR) is 85.1 cm³/mol. The van der Waals surface area contributed by atoms with Gasteiger partial charge in [-0.15, -0.1) is 0 Å². The van der Waals surface area contributed by atoms with Crippen molar-refractivity contribution in [2.24, 2.45) is 5.92 Å². The maximum absolute atomic E-state index is 11.3. The van der Waals surface area contributed by atoms with Gasteiger partial charge in [-0.25, -0.2) is 4.98 Å². The van der Waals surface area contributed by atoms with Gasteiger partial charge < -0.3 is 9.47 Å². The van der Waals surface area contributed by atoms with Gasteiger partial charge in [0.15, 0.2) is 0 Å². The van der Waals surface area contributed by atoms with Crippen LogP contribution < -0.4 is 4.90 Å². The van der Waals surface area contributed by atoms with Crippen LogP contribution >= 0.6 is 0 Å². The summed E-state index contributed by atoms with van der Waals surface area (Å²) >= 11 is 0. The minimum atomic E-state index is -0.388. The van der Waals surface area contributed by atoms with Gasteiger partial charge in [0.05, 0.1) is 28.9 Å². The number of nitro benzene ring substituents is 1. The Bertz CT molecular complexity index is 750. The first-order chi connectivity index (χ1) is 11.1. The average Bonchev–Trinajstić information content (AvgIpc) is 3.09. The van der Waals surface area contributed by atoms with Crippen molar-refractivity contribution in [1.82, 2.24) is 9.55 Å². The Labute approximate surface area is 133 Å². The first-order valence-electron chi connectivity index (χ1n) is 7.51. The van der Waals surface area contributed by atoms with E-state index in [-0.39, 0.29) is 16.7 Å². The van der Waals surface area contributed by atoms with E-state index in [0.717, 1.165) is 13.0 Å². The molecule has 1 aromatic heterocycles. The predicted octanol–water partition coefficient (Wildman–Crippen LogP) is 2.75. The molecular weight excluding hydrogens is 294 g/mol. The van der Waals surface area contributed by atoms with E-state index in [1.165, 1.54) is 12.1 Å². The zero-order valence-corrected chi connectivity index (χ0v) is 12.8. The second-order valence-corrected chi connectivity index (χ2v) is 5.86. The summed E-state index contributed by atoms with van der Waals surface area (Å²) in [5.41, 5.74) is 0.998. The highest BCUT2D eigenvalue weighted by atomic mass is 16.6. The van der Waals surface area contributed by atoms with Crippen LogP contribution in [0.2, 0.25) is 0 Å². The number of rotatable bonds is 3. The molecule has 1 saturated heterocycles. The van der Waals surface area contributed by atoms with E-state index in [9.17, 15) is 10.1 Å². The van der Waals surface area contributed by atoms with Gasteiger partial charge in [0, 0.05) is 31.5 Å². The van der Waals surface area contributed by atoms with E-state index in [1.54, 1.807) is 18.6 Å². The fraction of sp³-hybridized carbons (Fsp3) is 0.375. The fourth-order valence-electron chi connectivity index (χ4n) is 3.12. The van der Waals surface area contributed by atoms with Gasteiger partial charge in [-0.3, -0.25) is 10.1 Å². The van der Waals surface area contributed by atoms with E-state index in [4.69, 9.17) is 5.26 Å². The second kappa shape index (κ2) is 6.08. The molecule has 2 atom stereocenters. The van der Waals surface area contributed by atoms with Crippen LogP contribution in [0.5, 0.6) is 0 Å². The number of hydrogen-bond acceptors (Lipinski definition) is 5. The molecule has 0 spiro atoms. The Kier molecular flexibility index (Phi) is 3.98. The van der Waals surface area contributed by atoms with Crippen molar-refractivity contribution in [2.75, 3.05) is 18.0 Å². The van der Waals surface area contributed by atoms with Crippen molar-refractivity contribution in [1.29, 1.82) is 5.26 Å². The molecule has 0 aliphatic carbocycles. The SMILES string of the molecule is C[C@@H]1CCN(c2cc(C#N)ccc2[N+](=O)[O-])C[C@H]1n1ccnc1. The Balaban J connectivity index is 1.95. The molecule has 2 aromatic rings. The number of nitro groups is 1. The molecule has 0 radical (unpaired) electrons. The number of imidazole rings is 1. The van der Waals surface area contributed by atoms with Gasteiger partial charge in [0.2, 0.25) is 0 Å². The minimum absolute atomic E-state index is 0.0444. The van der Waals surface area contributed by atoms with Crippen LogP contribution in [0.1, 0.15) is 24.9 Å². The van der Waals surface area contributed by atoms with Gasteiger partial charge >= 0.3 is 0 Å². The van der Waals surface area contributed by atoms with Crippen molar-refractivity contribution in [2.45, 2.75) is 19.4 Å². The lowest BCUT2D eigenvalue weighted by atomic mass is 9.92. The monoisotopic (exact) mass is 311 g/mol. The van der Waals surface area contributed by atoms with Crippen LogP contribution in [-0.4, -0.2) is 27.6 Å². The molecule has 0 amide bonds. The Morgan fingerprint density at radius 1 is 1.48 bits per heavy atom. The molecule has 7 heteroatoms. The van der Waals surface area contributed by atoms with Gasteiger partial charge in [-0.05, 0) is 24.5 Å². The summed E-state index contributed by atoms with van der Waals surface area (Å²) in [5, 5.41) is 20.4. The summed E-state index contributed by atoms with van der Waals surface area (Å²) in [4.78, 5) is 17.0. The van der Waals surface area contributed by atoms with Gasteiger partial charge in [0.1, 0.15) is 5.69 Å². The Morgan fingerprint density at radius 3 is 2.96 bits per heavy atom. The molecule has 0 saturated carbocycles. The molecule has 0 bridgehead atoms. The van der Waals surface area contributed by atoms with Crippen LogP contribution in [0.3, 0.4) is 0 Å².